The van der Waals surface area contributed by atoms with Gasteiger partial charge in [-0.2, -0.15) is 0 Å². The van der Waals surface area contributed by atoms with Gasteiger partial charge in [0.15, 0.2) is 0 Å². The Balaban J connectivity index is 1.85. The highest BCUT2D eigenvalue weighted by molar-refractivity contribution is 5.65. The first-order valence-corrected chi connectivity index (χ1v) is 6.96. The maximum absolute atomic E-state index is 4.52. The molecule has 2 aliphatic heterocycles. The highest BCUT2D eigenvalue weighted by Gasteiger charge is 2.46. The number of pyridine rings is 2. The molecule has 0 unspecified atom stereocenters. The molecule has 0 amide bonds. The van der Waals surface area contributed by atoms with E-state index in [0.717, 1.165) is 5.69 Å². The second-order valence-corrected chi connectivity index (χ2v) is 5.69. The summed E-state index contributed by atoms with van der Waals surface area (Å²) in [5.41, 5.74) is 4.05. The molecule has 0 spiro atoms. The van der Waals surface area contributed by atoms with E-state index in [4.69, 9.17) is 0 Å². The van der Waals surface area contributed by atoms with Crippen LogP contribution in [0.4, 0.5) is 0 Å². The van der Waals surface area contributed by atoms with Crippen molar-refractivity contribution < 1.29 is 0 Å². The fraction of sp³-hybridized carbons (Fsp3) is 0.375. The van der Waals surface area contributed by atoms with Gasteiger partial charge in [-0.05, 0) is 49.7 Å². The number of hydrogen-bond donors (Lipinski definition) is 0. The summed E-state index contributed by atoms with van der Waals surface area (Å²) >= 11 is 0. The summed E-state index contributed by atoms with van der Waals surface area (Å²) in [6.07, 6.45) is 8.34. The van der Waals surface area contributed by atoms with E-state index in [-0.39, 0.29) is 0 Å². The highest BCUT2D eigenvalue weighted by Crippen LogP contribution is 2.45. The minimum atomic E-state index is 0.321. The van der Waals surface area contributed by atoms with Gasteiger partial charge in [-0.25, -0.2) is 0 Å². The Labute approximate surface area is 113 Å². The van der Waals surface area contributed by atoms with Gasteiger partial charge in [0, 0.05) is 36.1 Å². The molecule has 3 nitrogen and oxygen atoms in total. The van der Waals surface area contributed by atoms with Crippen LogP contribution in [-0.4, -0.2) is 34.5 Å². The Bertz CT molecular complexity index is 586. The zero-order valence-corrected chi connectivity index (χ0v) is 10.9. The smallest absolute Gasteiger partial charge is 0.0706 e. The molecule has 2 aliphatic rings. The molecule has 0 aliphatic carbocycles. The van der Waals surface area contributed by atoms with E-state index in [1.807, 2.05) is 18.5 Å². The minimum Gasteiger partial charge on any atom is -0.302 e. The van der Waals surface area contributed by atoms with E-state index in [9.17, 15) is 0 Å². The SMILES string of the molecule is c1ccc(-c2ccncc2C23CCN(CC2)C3)nc1. The van der Waals surface area contributed by atoms with Crippen molar-refractivity contribution in [3.05, 3.63) is 48.4 Å². The predicted molar refractivity (Wildman–Crippen MR) is 74.8 cm³/mol. The van der Waals surface area contributed by atoms with Crippen LogP contribution in [0, 0.1) is 0 Å². The molecule has 4 heterocycles. The van der Waals surface area contributed by atoms with E-state index >= 15 is 0 Å². The zero-order chi connectivity index (χ0) is 12.7. The van der Waals surface area contributed by atoms with Crippen molar-refractivity contribution in [2.75, 3.05) is 19.6 Å². The van der Waals surface area contributed by atoms with Gasteiger partial charge in [0.05, 0.1) is 5.69 Å². The van der Waals surface area contributed by atoms with Crippen LogP contribution in [0.3, 0.4) is 0 Å². The predicted octanol–water partition coefficient (Wildman–Crippen LogP) is 2.49. The summed E-state index contributed by atoms with van der Waals surface area (Å²) < 4.78 is 0. The fourth-order valence-electron chi connectivity index (χ4n) is 3.64. The lowest BCUT2D eigenvalue weighted by Crippen LogP contribution is -2.25. The Hall–Kier alpha value is -1.74. The van der Waals surface area contributed by atoms with Crippen LogP contribution in [-0.2, 0) is 5.41 Å². The first-order valence-electron chi connectivity index (χ1n) is 6.96. The third kappa shape index (κ3) is 1.69. The molecule has 2 aromatic heterocycles. The molecule has 19 heavy (non-hydrogen) atoms. The van der Waals surface area contributed by atoms with Crippen molar-refractivity contribution in [3.8, 4) is 11.3 Å². The van der Waals surface area contributed by atoms with Crippen molar-refractivity contribution in [3.63, 3.8) is 0 Å². The lowest BCUT2D eigenvalue weighted by atomic mass is 9.76. The van der Waals surface area contributed by atoms with Gasteiger partial charge in [0.2, 0.25) is 0 Å². The van der Waals surface area contributed by atoms with Crippen molar-refractivity contribution in [1.29, 1.82) is 0 Å². The highest BCUT2D eigenvalue weighted by atomic mass is 15.2. The molecule has 2 bridgehead atoms. The van der Waals surface area contributed by atoms with Gasteiger partial charge in [-0.1, -0.05) is 6.07 Å². The summed E-state index contributed by atoms with van der Waals surface area (Å²) in [6.45, 7) is 3.66. The lowest BCUT2D eigenvalue weighted by molar-refractivity contribution is 0.364. The van der Waals surface area contributed by atoms with Crippen molar-refractivity contribution in [2.45, 2.75) is 18.3 Å². The summed E-state index contributed by atoms with van der Waals surface area (Å²) in [4.78, 5) is 11.5. The van der Waals surface area contributed by atoms with Crippen molar-refractivity contribution >= 4 is 0 Å². The monoisotopic (exact) mass is 251 g/mol. The summed E-state index contributed by atoms with van der Waals surface area (Å²) in [5, 5.41) is 0. The molecule has 2 aromatic rings. The summed E-state index contributed by atoms with van der Waals surface area (Å²) in [6, 6.07) is 8.24. The van der Waals surface area contributed by atoms with Crippen molar-refractivity contribution in [2.24, 2.45) is 0 Å². The first-order chi connectivity index (χ1) is 9.37. The molecule has 2 saturated heterocycles. The van der Waals surface area contributed by atoms with Gasteiger partial charge in [-0.15, -0.1) is 0 Å². The van der Waals surface area contributed by atoms with Gasteiger partial charge >= 0.3 is 0 Å². The van der Waals surface area contributed by atoms with Crippen LogP contribution < -0.4 is 0 Å². The third-order valence-electron chi connectivity index (χ3n) is 4.67. The number of aromatic nitrogens is 2. The average molecular weight is 251 g/mol. The maximum atomic E-state index is 4.52. The van der Waals surface area contributed by atoms with E-state index in [1.165, 1.54) is 43.6 Å². The van der Waals surface area contributed by atoms with Crippen LogP contribution in [0.25, 0.3) is 11.3 Å². The van der Waals surface area contributed by atoms with Gasteiger partial charge in [0.1, 0.15) is 0 Å². The van der Waals surface area contributed by atoms with Crippen LogP contribution in [0.2, 0.25) is 0 Å². The molecule has 2 fully saturated rings. The van der Waals surface area contributed by atoms with Crippen LogP contribution in [0.1, 0.15) is 18.4 Å². The Morgan fingerprint density at radius 2 is 1.95 bits per heavy atom. The number of hydrogen-bond acceptors (Lipinski definition) is 3. The molecule has 4 rings (SSSR count). The largest absolute Gasteiger partial charge is 0.302 e. The van der Waals surface area contributed by atoms with Gasteiger partial charge < -0.3 is 4.90 Å². The Morgan fingerprint density at radius 1 is 1.05 bits per heavy atom. The number of fused-ring (bicyclic) bond motifs is 2. The lowest BCUT2D eigenvalue weighted by Gasteiger charge is -2.27. The molecular weight excluding hydrogens is 234 g/mol. The van der Waals surface area contributed by atoms with E-state index < -0.39 is 0 Å². The molecule has 96 valence electrons. The van der Waals surface area contributed by atoms with E-state index in [2.05, 4.69) is 39.3 Å². The minimum absolute atomic E-state index is 0.321. The maximum Gasteiger partial charge on any atom is 0.0706 e. The number of rotatable bonds is 2. The van der Waals surface area contributed by atoms with Crippen molar-refractivity contribution in [1.82, 2.24) is 14.9 Å². The van der Waals surface area contributed by atoms with E-state index in [0.29, 0.717) is 5.41 Å². The van der Waals surface area contributed by atoms with Crippen LogP contribution in [0.15, 0.2) is 42.9 Å². The topological polar surface area (TPSA) is 29.0 Å². The normalized spacial score (nSPS) is 28.7. The number of piperidine rings is 1. The van der Waals surface area contributed by atoms with E-state index in [1.54, 1.807) is 0 Å². The number of nitrogens with zero attached hydrogens (tertiary/aromatic N) is 3. The Kier molecular flexibility index (Phi) is 2.42. The fourth-order valence-corrected chi connectivity index (χ4v) is 3.64. The molecule has 0 aromatic carbocycles. The second kappa shape index (κ2) is 4.14. The third-order valence-corrected chi connectivity index (χ3v) is 4.67. The van der Waals surface area contributed by atoms with Crippen LogP contribution >= 0.6 is 0 Å². The molecule has 0 N–H and O–H groups in total. The molecule has 0 radical (unpaired) electrons. The molecule has 3 heteroatoms. The molecule has 0 saturated carbocycles. The Morgan fingerprint density at radius 3 is 2.63 bits per heavy atom. The van der Waals surface area contributed by atoms with Gasteiger partial charge in [-0.3, -0.25) is 9.97 Å². The summed E-state index contributed by atoms with van der Waals surface area (Å²) in [7, 11) is 0. The standard InChI is InChI=1S/C16H17N3/c1-2-7-18-15(3-1)13-4-8-17-11-14(13)16-5-9-19(12-16)10-6-16/h1-4,7-8,11H,5-6,9-10,12H2. The quantitative estimate of drug-likeness (QED) is 0.821. The second-order valence-electron chi connectivity index (χ2n) is 5.69. The average Bonchev–Trinajstić information content (AvgIpc) is 3.10. The first kappa shape index (κ1) is 11.1. The van der Waals surface area contributed by atoms with Crippen LogP contribution in [0.5, 0.6) is 0 Å². The molecular formula is C16H17N3. The van der Waals surface area contributed by atoms with Gasteiger partial charge in [0.25, 0.3) is 0 Å². The summed E-state index contributed by atoms with van der Waals surface area (Å²) in [5.74, 6) is 0. The zero-order valence-electron chi connectivity index (χ0n) is 10.9. The molecule has 0 atom stereocenters.